The van der Waals surface area contributed by atoms with E-state index >= 15 is 0 Å². The van der Waals surface area contributed by atoms with Crippen LogP contribution < -0.4 is 10.1 Å². The van der Waals surface area contributed by atoms with Crippen LogP contribution in [-0.2, 0) is 0 Å². The number of ether oxygens (including phenoxy) is 1. The molecule has 1 atom stereocenters. The molecule has 0 saturated heterocycles. The molecule has 18 heavy (non-hydrogen) atoms. The van der Waals surface area contributed by atoms with Gasteiger partial charge in [-0.05, 0) is 31.0 Å². The van der Waals surface area contributed by atoms with E-state index in [9.17, 15) is 5.11 Å². The van der Waals surface area contributed by atoms with Crippen molar-refractivity contribution in [3.63, 3.8) is 0 Å². The zero-order valence-corrected chi connectivity index (χ0v) is 10.9. The highest BCUT2D eigenvalue weighted by Gasteiger charge is 2.12. The summed E-state index contributed by atoms with van der Waals surface area (Å²) < 4.78 is 5.47. The molecule has 1 aromatic carbocycles. The lowest BCUT2D eigenvalue weighted by Crippen LogP contribution is -2.36. The van der Waals surface area contributed by atoms with Crippen molar-refractivity contribution in [2.45, 2.75) is 25.0 Å². The van der Waals surface area contributed by atoms with Gasteiger partial charge in [-0.15, -0.1) is 0 Å². The van der Waals surface area contributed by atoms with Crippen molar-refractivity contribution in [1.82, 2.24) is 5.32 Å². The van der Waals surface area contributed by atoms with Gasteiger partial charge in [0.15, 0.2) is 0 Å². The molecular weight excluding hydrogens is 250 g/mol. The second kappa shape index (κ2) is 6.78. The Kier molecular flexibility index (Phi) is 5.05. The second-order valence-electron chi connectivity index (χ2n) is 4.47. The van der Waals surface area contributed by atoms with E-state index in [1.54, 1.807) is 12.1 Å². The quantitative estimate of drug-likeness (QED) is 0.778. The number of rotatable bonds is 6. The van der Waals surface area contributed by atoms with Gasteiger partial charge in [-0.3, -0.25) is 0 Å². The molecule has 0 bridgehead atoms. The first kappa shape index (κ1) is 13.4. The summed E-state index contributed by atoms with van der Waals surface area (Å²) in [5.41, 5.74) is 0. The van der Waals surface area contributed by atoms with Crippen LogP contribution in [0.1, 0.15) is 12.8 Å². The largest absolute Gasteiger partial charge is 0.491 e. The first-order chi connectivity index (χ1) is 8.74. The highest BCUT2D eigenvalue weighted by Crippen LogP contribution is 2.17. The number of aliphatic hydroxyl groups excluding tert-OH is 1. The second-order valence-corrected chi connectivity index (χ2v) is 4.91. The summed E-state index contributed by atoms with van der Waals surface area (Å²) in [6.07, 6.45) is 5.90. The van der Waals surface area contributed by atoms with Gasteiger partial charge in [0.25, 0.3) is 0 Å². The summed E-state index contributed by atoms with van der Waals surface area (Å²) >= 11 is 5.85. The number of aliphatic hydroxyl groups is 1. The average molecular weight is 268 g/mol. The van der Waals surface area contributed by atoms with Gasteiger partial charge in [0.1, 0.15) is 18.5 Å². The van der Waals surface area contributed by atoms with Crippen LogP contribution >= 0.6 is 11.6 Å². The molecule has 1 unspecified atom stereocenters. The monoisotopic (exact) mass is 267 g/mol. The number of nitrogens with one attached hydrogen (secondary N) is 1. The lowest BCUT2D eigenvalue weighted by molar-refractivity contribution is 0.104. The fraction of sp³-hybridized carbons (Fsp3) is 0.429. The molecule has 1 aliphatic rings. The molecule has 2 rings (SSSR count). The topological polar surface area (TPSA) is 41.5 Å². The minimum absolute atomic E-state index is 0.271. The van der Waals surface area contributed by atoms with Crippen LogP contribution in [-0.4, -0.2) is 30.4 Å². The Labute approximate surface area is 112 Å². The van der Waals surface area contributed by atoms with Crippen LogP contribution in [0.5, 0.6) is 5.75 Å². The normalized spacial score (nSPS) is 17.0. The molecule has 98 valence electrons. The third-order valence-corrected chi connectivity index (χ3v) is 3.12. The van der Waals surface area contributed by atoms with Crippen LogP contribution in [0.4, 0.5) is 0 Å². The van der Waals surface area contributed by atoms with E-state index in [2.05, 4.69) is 17.5 Å². The van der Waals surface area contributed by atoms with Gasteiger partial charge in [-0.2, -0.15) is 0 Å². The number of benzene rings is 1. The number of hydrogen-bond acceptors (Lipinski definition) is 3. The summed E-state index contributed by atoms with van der Waals surface area (Å²) in [4.78, 5) is 0. The van der Waals surface area contributed by atoms with Crippen LogP contribution in [0.2, 0.25) is 5.02 Å². The molecule has 4 heteroatoms. The Morgan fingerprint density at radius 2 is 2.17 bits per heavy atom. The van der Waals surface area contributed by atoms with E-state index in [1.807, 2.05) is 12.1 Å². The van der Waals surface area contributed by atoms with Crippen LogP contribution in [0.3, 0.4) is 0 Å². The third kappa shape index (κ3) is 4.33. The molecule has 0 radical (unpaired) electrons. The van der Waals surface area contributed by atoms with Gasteiger partial charge < -0.3 is 15.2 Å². The summed E-state index contributed by atoms with van der Waals surface area (Å²) in [6, 6.07) is 7.65. The Bertz CT molecular complexity index is 401. The predicted molar refractivity (Wildman–Crippen MR) is 73.1 cm³/mol. The highest BCUT2D eigenvalue weighted by molar-refractivity contribution is 6.30. The molecule has 3 nitrogen and oxygen atoms in total. The Morgan fingerprint density at radius 3 is 2.89 bits per heavy atom. The van der Waals surface area contributed by atoms with E-state index in [0.717, 1.165) is 12.8 Å². The first-order valence-electron chi connectivity index (χ1n) is 6.19. The zero-order valence-electron chi connectivity index (χ0n) is 10.2. The standard InChI is InChI=1S/C14H18ClNO2/c15-11-4-3-7-14(8-11)18-10-13(17)9-16-12-5-1-2-6-12/h1-4,7-8,12-13,16-17H,5-6,9-10H2. The van der Waals surface area contributed by atoms with Crippen molar-refractivity contribution in [2.75, 3.05) is 13.2 Å². The van der Waals surface area contributed by atoms with Crippen molar-refractivity contribution >= 4 is 11.6 Å². The Hall–Kier alpha value is -1.03. The Balaban J connectivity index is 1.66. The van der Waals surface area contributed by atoms with Crippen LogP contribution in [0, 0.1) is 0 Å². The van der Waals surface area contributed by atoms with E-state index < -0.39 is 6.10 Å². The molecule has 0 aromatic heterocycles. The van der Waals surface area contributed by atoms with Crippen molar-refractivity contribution in [3.8, 4) is 5.75 Å². The predicted octanol–water partition coefficient (Wildman–Crippen LogP) is 2.39. The minimum Gasteiger partial charge on any atom is -0.491 e. The smallest absolute Gasteiger partial charge is 0.120 e. The number of halogens is 1. The van der Waals surface area contributed by atoms with Gasteiger partial charge in [-0.25, -0.2) is 0 Å². The molecule has 0 spiro atoms. The maximum Gasteiger partial charge on any atom is 0.120 e. The average Bonchev–Trinajstić information content (AvgIpc) is 2.87. The van der Waals surface area contributed by atoms with E-state index in [-0.39, 0.29) is 6.61 Å². The van der Waals surface area contributed by atoms with Gasteiger partial charge >= 0.3 is 0 Å². The van der Waals surface area contributed by atoms with Crippen LogP contribution in [0.25, 0.3) is 0 Å². The molecule has 1 aromatic rings. The molecule has 1 aliphatic carbocycles. The fourth-order valence-electron chi connectivity index (χ4n) is 1.89. The summed E-state index contributed by atoms with van der Waals surface area (Å²) in [6.45, 7) is 0.820. The Morgan fingerprint density at radius 1 is 1.39 bits per heavy atom. The van der Waals surface area contributed by atoms with E-state index in [0.29, 0.717) is 23.4 Å². The van der Waals surface area contributed by atoms with Crippen LogP contribution in [0.15, 0.2) is 36.4 Å². The maximum atomic E-state index is 9.80. The molecule has 0 amide bonds. The van der Waals surface area contributed by atoms with Gasteiger partial charge in [0, 0.05) is 17.6 Å². The summed E-state index contributed by atoms with van der Waals surface area (Å²) in [5.74, 6) is 0.684. The number of hydrogen-bond donors (Lipinski definition) is 2. The molecule has 0 saturated carbocycles. The molecular formula is C14H18ClNO2. The first-order valence-corrected chi connectivity index (χ1v) is 6.56. The fourth-order valence-corrected chi connectivity index (χ4v) is 2.07. The minimum atomic E-state index is -0.510. The van der Waals surface area contributed by atoms with Crippen molar-refractivity contribution in [3.05, 3.63) is 41.4 Å². The molecule has 0 aliphatic heterocycles. The van der Waals surface area contributed by atoms with E-state index in [4.69, 9.17) is 16.3 Å². The van der Waals surface area contributed by atoms with Gasteiger partial charge in [-0.1, -0.05) is 29.8 Å². The molecule has 2 N–H and O–H groups in total. The summed E-state index contributed by atoms with van der Waals surface area (Å²) in [5, 5.41) is 13.7. The third-order valence-electron chi connectivity index (χ3n) is 2.89. The lowest BCUT2D eigenvalue weighted by atomic mass is 10.2. The molecule has 0 heterocycles. The SMILES string of the molecule is OC(CNC1CC=CC1)COc1cccc(Cl)c1. The molecule has 0 fully saturated rings. The van der Waals surface area contributed by atoms with Crippen molar-refractivity contribution < 1.29 is 9.84 Å². The van der Waals surface area contributed by atoms with E-state index in [1.165, 1.54) is 0 Å². The lowest BCUT2D eigenvalue weighted by Gasteiger charge is -2.16. The van der Waals surface area contributed by atoms with Crippen molar-refractivity contribution in [1.29, 1.82) is 0 Å². The van der Waals surface area contributed by atoms with Crippen molar-refractivity contribution in [2.24, 2.45) is 0 Å². The highest BCUT2D eigenvalue weighted by atomic mass is 35.5. The zero-order chi connectivity index (χ0) is 12.8. The summed E-state index contributed by atoms with van der Waals surface area (Å²) in [7, 11) is 0. The van der Waals surface area contributed by atoms with Gasteiger partial charge in [0.05, 0.1) is 0 Å². The van der Waals surface area contributed by atoms with Gasteiger partial charge in [0.2, 0.25) is 0 Å². The maximum absolute atomic E-state index is 9.80.